The molecule has 24 heavy (non-hydrogen) atoms. The van der Waals surface area contributed by atoms with Gasteiger partial charge in [-0.2, -0.15) is 0 Å². The number of hydrogen-bond donors (Lipinski definition) is 1. The number of fused-ring (bicyclic) bond motifs is 3. The van der Waals surface area contributed by atoms with Gasteiger partial charge in [0, 0.05) is 24.2 Å². The fraction of sp³-hybridized carbons (Fsp3) is 0.500. The van der Waals surface area contributed by atoms with Crippen LogP contribution in [0, 0.1) is 0 Å². The van der Waals surface area contributed by atoms with Crippen molar-refractivity contribution in [1.82, 2.24) is 9.88 Å². The van der Waals surface area contributed by atoms with Crippen LogP contribution in [-0.2, 0) is 11.3 Å². The molecule has 1 N–H and O–H groups in total. The van der Waals surface area contributed by atoms with E-state index in [1.165, 1.54) is 0 Å². The zero-order chi connectivity index (χ0) is 17.3. The molecule has 1 atom stereocenters. The average Bonchev–Trinajstić information content (AvgIpc) is 2.88. The van der Waals surface area contributed by atoms with Gasteiger partial charge in [0.25, 0.3) is 0 Å². The summed E-state index contributed by atoms with van der Waals surface area (Å²) < 4.78 is 18.8. The highest BCUT2D eigenvalue weighted by molar-refractivity contribution is 5.88. The van der Waals surface area contributed by atoms with Gasteiger partial charge in [0.1, 0.15) is 18.8 Å². The fourth-order valence-electron chi connectivity index (χ4n) is 2.79. The Morgan fingerprint density at radius 3 is 2.79 bits per heavy atom. The molecule has 1 aromatic carbocycles. The van der Waals surface area contributed by atoms with Crippen molar-refractivity contribution in [1.29, 1.82) is 0 Å². The predicted octanol–water partition coefficient (Wildman–Crippen LogP) is 3.33. The summed E-state index contributed by atoms with van der Waals surface area (Å²) in [6.07, 6.45) is 1.59. The highest BCUT2D eigenvalue weighted by Gasteiger charge is 2.20. The van der Waals surface area contributed by atoms with E-state index in [0.29, 0.717) is 19.8 Å². The van der Waals surface area contributed by atoms with Crippen LogP contribution in [0.3, 0.4) is 0 Å². The first-order chi connectivity index (χ1) is 11.3. The molecule has 0 saturated heterocycles. The van der Waals surface area contributed by atoms with Gasteiger partial charge in [-0.25, -0.2) is 4.79 Å². The Labute approximate surface area is 141 Å². The van der Waals surface area contributed by atoms with Crippen LogP contribution in [0.2, 0.25) is 0 Å². The largest absolute Gasteiger partial charge is 0.486 e. The average molecular weight is 332 g/mol. The van der Waals surface area contributed by atoms with E-state index >= 15 is 0 Å². The molecule has 1 aliphatic heterocycles. The van der Waals surface area contributed by atoms with Crippen molar-refractivity contribution in [2.45, 2.75) is 45.9 Å². The monoisotopic (exact) mass is 332 g/mol. The second kappa shape index (κ2) is 6.26. The number of carbonyl (C=O) groups excluding carboxylic acids is 1. The zero-order valence-electron chi connectivity index (χ0n) is 14.6. The molecule has 0 bridgehead atoms. The van der Waals surface area contributed by atoms with E-state index in [4.69, 9.17) is 14.2 Å². The zero-order valence-corrected chi connectivity index (χ0v) is 14.6. The van der Waals surface area contributed by atoms with Crippen molar-refractivity contribution in [3.8, 4) is 11.5 Å². The van der Waals surface area contributed by atoms with Crippen LogP contribution >= 0.6 is 0 Å². The first-order valence-corrected chi connectivity index (χ1v) is 8.20. The van der Waals surface area contributed by atoms with Crippen molar-refractivity contribution in [2.75, 3.05) is 13.2 Å². The van der Waals surface area contributed by atoms with E-state index in [2.05, 4.69) is 9.88 Å². The van der Waals surface area contributed by atoms with Gasteiger partial charge in [-0.15, -0.1) is 0 Å². The minimum atomic E-state index is -0.506. The van der Waals surface area contributed by atoms with Crippen molar-refractivity contribution < 1.29 is 19.0 Å². The number of nitrogens with one attached hydrogen (secondary N) is 1. The molecule has 3 rings (SSSR count). The number of rotatable bonds is 3. The molecular formula is C18H24N2O4. The quantitative estimate of drug-likeness (QED) is 0.936. The van der Waals surface area contributed by atoms with Gasteiger partial charge in [0.15, 0.2) is 11.5 Å². The molecule has 0 unspecified atom stereocenters. The van der Waals surface area contributed by atoms with Crippen LogP contribution in [0.15, 0.2) is 24.4 Å². The Morgan fingerprint density at radius 1 is 1.29 bits per heavy atom. The van der Waals surface area contributed by atoms with Crippen molar-refractivity contribution in [3.63, 3.8) is 0 Å². The number of alkyl carbamates (subject to hydrolysis) is 1. The Hall–Kier alpha value is -2.37. The summed E-state index contributed by atoms with van der Waals surface area (Å²) in [5, 5.41) is 3.95. The second-order valence-corrected chi connectivity index (χ2v) is 7.04. The van der Waals surface area contributed by atoms with Crippen LogP contribution < -0.4 is 14.8 Å². The Bertz CT molecular complexity index is 745. The first-order valence-electron chi connectivity index (χ1n) is 8.20. The lowest BCUT2D eigenvalue weighted by Crippen LogP contribution is -2.39. The predicted molar refractivity (Wildman–Crippen MR) is 91.8 cm³/mol. The Morgan fingerprint density at radius 2 is 2.04 bits per heavy atom. The highest BCUT2D eigenvalue weighted by Crippen LogP contribution is 2.38. The molecule has 0 aliphatic carbocycles. The molecule has 1 aliphatic rings. The number of benzene rings is 1. The molecule has 0 fully saturated rings. The molecule has 6 nitrogen and oxygen atoms in total. The molecule has 1 aromatic heterocycles. The molecule has 2 heterocycles. The molecular weight excluding hydrogens is 308 g/mol. The summed E-state index contributed by atoms with van der Waals surface area (Å²) >= 11 is 0. The molecule has 2 aromatic rings. The molecule has 6 heteroatoms. The summed E-state index contributed by atoms with van der Waals surface area (Å²) in [4.78, 5) is 11.9. The van der Waals surface area contributed by atoms with Crippen LogP contribution in [0.1, 0.15) is 27.7 Å². The van der Waals surface area contributed by atoms with Crippen molar-refractivity contribution in [3.05, 3.63) is 24.4 Å². The molecule has 130 valence electrons. The lowest BCUT2D eigenvalue weighted by molar-refractivity contribution is 0.0504. The first kappa shape index (κ1) is 16.5. The summed E-state index contributed by atoms with van der Waals surface area (Å²) in [6, 6.07) is 5.90. The number of hydrogen-bond acceptors (Lipinski definition) is 4. The molecule has 1 amide bonds. The topological polar surface area (TPSA) is 61.7 Å². The van der Waals surface area contributed by atoms with Gasteiger partial charge in [-0.1, -0.05) is 0 Å². The fourth-order valence-corrected chi connectivity index (χ4v) is 2.79. The number of carbonyl (C=O) groups is 1. The number of amides is 1. The van der Waals surface area contributed by atoms with Gasteiger partial charge < -0.3 is 24.1 Å². The van der Waals surface area contributed by atoms with Crippen molar-refractivity contribution >= 4 is 17.0 Å². The summed E-state index contributed by atoms with van der Waals surface area (Å²) in [6.45, 7) is 9.21. The lowest BCUT2D eigenvalue weighted by Gasteiger charge is -2.23. The molecule has 0 radical (unpaired) electrons. The standard InChI is InChI=1S/C18H24N2O4/c1-12(19-17(21)24-18(2,3)4)11-20-8-7-13-5-6-14-16(15(13)20)23-10-9-22-14/h5-8,12H,9-11H2,1-4H3,(H,19,21)/t12-/m0/s1. The van der Waals surface area contributed by atoms with E-state index < -0.39 is 11.7 Å². The van der Waals surface area contributed by atoms with E-state index in [0.717, 1.165) is 22.4 Å². The minimum absolute atomic E-state index is 0.0872. The number of ether oxygens (including phenoxy) is 3. The Balaban J connectivity index is 1.77. The van der Waals surface area contributed by atoms with Crippen LogP contribution in [-0.4, -0.2) is 35.5 Å². The minimum Gasteiger partial charge on any atom is -0.486 e. The maximum Gasteiger partial charge on any atom is 0.407 e. The van der Waals surface area contributed by atoms with E-state index in [1.807, 2.05) is 52.1 Å². The summed E-state index contributed by atoms with van der Waals surface area (Å²) in [7, 11) is 0. The van der Waals surface area contributed by atoms with Gasteiger partial charge >= 0.3 is 6.09 Å². The normalized spacial score (nSPS) is 15.2. The maximum atomic E-state index is 11.9. The van der Waals surface area contributed by atoms with E-state index in [1.54, 1.807) is 0 Å². The molecule has 0 spiro atoms. The van der Waals surface area contributed by atoms with Gasteiger partial charge in [0.2, 0.25) is 0 Å². The third-order valence-electron chi connectivity index (χ3n) is 3.67. The maximum absolute atomic E-state index is 11.9. The van der Waals surface area contributed by atoms with Crippen molar-refractivity contribution in [2.24, 2.45) is 0 Å². The summed E-state index contributed by atoms with van der Waals surface area (Å²) in [5.41, 5.74) is 0.485. The van der Waals surface area contributed by atoms with E-state index in [-0.39, 0.29) is 6.04 Å². The van der Waals surface area contributed by atoms with E-state index in [9.17, 15) is 4.79 Å². The second-order valence-electron chi connectivity index (χ2n) is 7.04. The van der Waals surface area contributed by atoms with Gasteiger partial charge in [-0.05, 0) is 45.9 Å². The Kier molecular flexibility index (Phi) is 4.30. The van der Waals surface area contributed by atoms with Gasteiger partial charge in [-0.3, -0.25) is 0 Å². The lowest BCUT2D eigenvalue weighted by atomic mass is 10.2. The third kappa shape index (κ3) is 3.58. The smallest absolute Gasteiger partial charge is 0.407 e. The highest BCUT2D eigenvalue weighted by atomic mass is 16.6. The third-order valence-corrected chi connectivity index (χ3v) is 3.67. The molecule has 0 saturated carbocycles. The van der Waals surface area contributed by atoms with Crippen LogP contribution in [0.25, 0.3) is 10.9 Å². The number of aromatic nitrogens is 1. The number of nitrogens with zero attached hydrogens (tertiary/aromatic N) is 1. The summed E-state index contributed by atoms with van der Waals surface area (Å²) in [5.74, 6) is 1.54. The van der Waals surface area contributed by atoms with Crippen LogP contribution in [0.4, 0.5) is 4.79 Å². The SMILES string of the molecule is C[C@@H](Cn1ccc2ccc3c(c21)OCCO3)NC(=O)OC(C)(C)C. The van der Waals surface area contributed by atoms with Gasteiger partial charge in [0.05, 0.1) is 5.52 Å². The van der Waals surface area contributed by atoms with Crippen LogP contribution in [0.5, 0.6) is 11.5 Å².